The fourth-order valence-electron chi connectivity index (χ4n) is 1.95. The third-order valence-electron chi connectivity index (χ3n) is 2.96. The molecule has 0 radical (unpaired) electrons. The number of rotatable bonds is 3. The minimum absolute atomic E-state index is 0. The number of amides is 1. The van der Waals surface area contributed by atoms with E-state index in [1.165, 1.54) is 0 Å². The van der Waals surface area contributed by atoms with Crippen LogP contribution in [0.3, 0.4) is 0 Å². The number of carbonyl (C=O) groups is 1. The van der Waals surface area contributed by atoms with E-state index in [4.69, 9.17) is 16.3 Å². The lowest BCUT2D eigenvalue weighted by molar-refractivity contribution is -0.135. The van der Waals surface area contributed by atoms with Crippen LogP contribution in [0.1, 0.15) is 5.56 Å². The number of nitrogens with one attached hydrogen (secondary N) is 1. The Labute approximate surface area is 124 Å². The first-order valence-corrected chi connectivity index (χ1v) is 6.36. The molecule has 2 rings (SSSR count). The van der Waals surface area contributed by atoms with E-state index in [0.717, 1.165) is 12.1 Å². The Morgan fingerprint density at radius 1 is 1.53 bits per heavy atom. The molecule has 1 unspecified atom stereocenters. The van der Waals surface area contributed by atoms with E-state index in [9.17, 15) is 4.79 Å². The summed E-state index contributed by atoms with van der Waals surface area (Å²) in [6, 6.07) is 7.31. The van der Waals surface area contributed by atoms with Crippen LogP contribution < -0.4 is 5.32 Å². The maximum Gasteiger partial charge on any atom is 0.242 e. The van der Waals surface area contributed by atoms with Crippen molar-refractivity contribution in [3.8, 4) is 0 Å². The highest BCUT2D eigenvalue weighted by Gasteiger charge is 2.24. The van der Waals surface area contributed by atoms with Crippen LogP contribution in [0.25, 0.3) is 0 Å². The SMILES string of the molecule is CN(Cc1ccccc1Cl)C(=O)C1COCCN1.Cl. The largest absolute Gasteiger partial charge is 0.378 e. The molecule has 1 atom stereocenters. The van der Waals surface area contributed by atoms with Gasteiger partial charge in [-0.2, -0.15) is 0 Å². The average Bonchev–Trinajstić information content (AvgIpc) is 2.41. The van der Waals surface area contributed by atoms with Gasteiger partial charge in [-0.1, -0.05) is 29.8 Å². The van der Waals surface area contributed by atoms with Crippen molar-refractivity contribution in [2.75, 3.05) is 26.8 Å². The van der Waals surface area contributed by atoms with Crippen LogP contribution in [-0.4, -0.2) is 43.7 Å². The van der Waals surface area contributed by atoms with E-state index in [1.807, 2.05) is 24.3 Å². The molecule has 1 heterocycles. The van der Waals surface area contributed by atoms with Crippen molar-refractivity contribution in [2.24, 2.45) is 0 Å². The molecule has 0 aliphatic carbocycles. The second-order valence-electron chi connectivity index (χ2n) is 4.37. The maximum atomic E-state index is 12.2. The Balaban J connectivity index is 0.00000180. The van der Waals surface area contributed by atoms with Crippen LogP contribution in [0.5, 0.6) is 0 Å². The van der Waals surface area contributed by atoms with E-state index in [1.54, 1.807) is 11.9 Å². The van der Waals surface area contributed by atoms with Crippen molar-refractivity contribution in [3.63, 3.8) is 0 Å². The first kappa shape index (κ1) is 16.2. The van der Waals surface area contributed by atoms with Gasteiger partial charge in [0, 0.05) is 25.2 Å². The van der Waals surface area contributed by atoms with E-state index in [0.29, 0.717) is 24.8 Å². The predicted molar refractivity (Wildman–Crippen MR) is 77.8 cm³/mol. The molecule has 1 saturated heterocycles. The van der Waals surface area contributed by atoms with Crippen LogP contribution in [0.4, 0.5) is 0 Å². The van der Waals surface area contributed by atoms with Gasteiger partial charge in [-0.05, 0) is 11.6 Å². The first-order valence-electron chi connectivity index (χ1n) is 5.98. The minimum atomic E-state index is -0.244. The van der Waals surface area contributed by atoms with E-state index in [-0.39, 0.29) is 24.4 Å². The number of nitrogens with zero attached hydrogens (tertiary/aromatic N) is 1. The smallest absolute Gasteiger partial charge is 0.242 e. The molecule has 106 valence electrons. The van der Waals surface area contributed by atoms with Gasteiger partial charge < -0.3 is 15.0 Å². The van der Waals surface area contributed by atoms with Crippen molar-refractivity contribution in [1.29, 1.82) is 0 Å². The lowest BCUT2D eigenvalue weighted by Crippen LogP contribution is -2.51. The van der Waals surface area contributed by atoms with Crippen LogP contribution in [0.15, 0.2) is 24.3 Å². The summed E-state index contributed by atoms with van der Waals surface area (Å²) in [5.41, 5.74) is 0.951. The molecule has 1 aromatic carbocycles. The van der Waals surface area contributed by atoms with Gasteiger partial charge in [-0.15, -0.1) is 12.4 Å². The molecule has 0 bridgehead atoms. The van der Waals surface area contributed by atoms with Crippen molar-refractivity contribution in [1.82, 2.24) is 10.2 Å². The lowest BCUT2D eigenvalue weighted by Gasteiger charge is -2.27. The topological polar surface area (TPSA) is 41.6 Å². The quantitative estimate of drug-likeness (QED) is 0.924. The van der Waals surface area contributed by atoms with Gasteiger partial charge in [-0.25, -0.2) is 0 Å². The molecule has 1 amide bonds. The predicted octanol–water partition coefficient (Wildman–Crippen LogP) is 1.71. The zero-order valence-corrected chi connectivity index (χ0v) is 12.3. The third-order valence-corrected chi connectivity index (χ3v) is 3.33. The summed E-state index contributed by atoms with van der Waals surface area (Å²) in [6.45, 7) is 2.33. The Morgan fingerprint density at radius 2 is 2.26 bits per heavy atom. The summed E-state index contributed by atoms with van der Waals surface area (Å²) < 4.78 is 5.29. The van der Waals surface area contributed by atoms with Crippen molar-refractivity contribution >= 4 is 29.9 Å². The molecule has 6 heteroatoms. The lowest BCUT2D eigenvalue weighted by atomic mass is 10.2. The molecule has 1 N–H and O–H groups in total. The van der Waals surface area contributed by atoms with Crippen molar-refractivity contribution < 1.29 is 9.53 Å². The average molecular weight is 305 g/mol. The fraction of sp³-hybridized carbons (Fsp3) is 0.462. The molecule has 0 spiro atoms. The number of likely N-dealkylation sites (N-methyl/N-ethyl adjacent to an activating group) is 1. The van der Waals surface area contributed by atoms with Crippen LogP contribution in [-0.2, 0) is 16.1 Å². The Morgan fingerprint density at radius 3 is 2.89 bits per heavy atom. The summed E-state index contributed by atoms with van der Waals surface area (Å²) in [5.74, 6) is 0.0367. The number of hydrogen-bond donors (Lipinski definition) is 1. The van der Waals surface area contributed by atoms with Gasteiger partial charge in [-0.3, -0.25) is 4.79 Å². The standard InChI is InChI=1S/C13H17ClN2O2.ClH/c1-16(8-10-4-2-3-5-11(10)14)13(17)12-9-18-7-6-15-12;/h2-5,12,15H,6-9H2,1H3;1H. The summed E-state index contributed by atoms with van der Waals surface area (Å²) in [5, 5.41) is 3.84. The summed E-state index contributed by atoms with van der Waals surface area (Å²) in [6.07, 6.45) is 0. The highest BCUT2D eigenvalue weighted by atomic mass is 35.5. The van der Waals surface area contributed by atoms with Crippen LogP contribution >= 0.6 is 24.0 Å². The van der Waals surface area contributed by atoms with Crippen LogP contribution in [0.2, 0.25) is 5.02 Å². The third kappa shape index (κ3) is 4.35. The number of benzene rings is 1. The zero-order chi connectivity index (χ0) is 13.0. The molecule has 0 saturated carbocycles. The summed E-state index contributed by atoms with van der Waals surface area (Å²) in [7, 11) is 1.78. The van der Waals surface area contributed by atoms with Gasteiger partial charge in [0.15, 0.2) is 0 Å². The first-order chi connectivity index (χ1) is 8.68. The number of morpholine rings is 1. The molecule has 1 aromatic rings. The summed E-state index contributed by atoms with van der Waals surface area (Å²) >= 11 is 6.08. The fourth-order valence-corrected chi connectivity index (χ4v) is 2.15. The van der Waals surface area contributed by atoms with Gasteiger partial charge in [0.1, 0.15) is 6.04 Å². The molecule has 1 fully saturated rings. The Bertz CT molecular complexity index is 423. The van der Waals surface area contributed by atoms with Crippen molar-refractivity contribution in [3.05, 3.63) is 34.9 Å². The summed E-state index contributed by atoms with van der Waals surface area (Å²) in [4.78, 5) is 13.8. The number of carbonyl (C=O) groups excluding carboxylic acids is 1. The highest BCUT2D eigenvalue weighted by molar-refractivity contribution is 6.31. The van der Waals surface area contributed by atoms with E-state index >= 15 is 0 Å². The molecule has 4 nitrogen and oxygen atoms in total. The number of halogens is 2. The molecule has 1 aliphatic heterocycles. The molecular formula is C13H18Cl2N2O2. The Hall–Kier alpha value is -0.810. The van der Waals surface area contributed by atoms with Gasteiger partial charge in [0.05, 0.1) is 13.2 Å². The number of ether oxygens (including phenoxy) is 1. The maximum absolute atomic E-state index is 12.2. The molecule has 19 heavy (non-hydrogen) atoms. The van der Waals surface area contributed by atoms with E-state index in [2.05, 4.69) is 5.32 Å². The second kappa shape index (κ2) is 7.70. The van der Waals surface area contributed by atoms with Gasteiger partial charge in [0.2, 0.25) is 5.91 Å². The second-order valence-corrected chi connectivity index (χ2v) is 4.77. The van der Waals surface area contributed by atoms with Gasteiger partial charge >= 0.3 is 0 Å². The molecular weight excluding hydrogens is 287 g/mol. The highest BCUT2D eigenvalue weighted by Crippen LogP contribution is 2.16. The van der Waals surface area contributed by atoms with E-state index < -0.39 is 0 Å². The van der Waals surface area contributed by atoms with Crippen molar-refractivity contribution in [2.45, 2.75) is 12.6 Å². The minimum Gasteiger partial charge on any atom is -0.378 e. The zero-order valence-electron chi connectivity index (χ0n) is 10.8. The normalized spacial score (nSPS) is 18.5. The van der Waals surface area contributed by atoms with Gasteiger partial charge in [0.25, 0.3) is 0 Å². The Kier molecular flexibility index (Phi) is 6.58. The molecule has 0 aromatic heterocycles. The monoisotopic (exact) mass is 304 g/mol. The van der Waals surface area contributed by atoms with Crippen LogP contribution in [0, 0.1) is 0 Å². The number of hydrogen-bond acceptors (Lipinski definition) is 3. The molecule has 1 aliphatic rings.